The first-order chi connectivity index (χ1) is 5.90. The second-order valence-electron chi connectivity index (χ2n) is 2.45. The molecular formula is C7H7BrN4. The van der Waals surface area contributed by atoms with Gasteiger partial charge in [-0.25, -0.2) is 4.98 Å². The van der Waals surface area contributed by atoms with Crippen LogP contribution < -0.4 is 0 Å². The van der Waals surface area contributed by atoms with Crippen molar-refractivity contribution in [2.45, 2.75) is 6.42 Å². The summed E-state index contributed by atoms with van der Waals surface area (Å²) in [7, 11) is 0. The van der Waals surface area contributed by atoms with E-state index >= 15 is 0 Å². The largest absolute Gasteiger partial charge is 0.233 e. The quantitative estimate of drug-likeness (QED) is 0.786. The first-order valence-electron chi connectivity index (χ1n) is 3.61. The third-order valence-corrected chi connectivity index (χ3v) is 2.01. The summed E-state index contributed by atoms with van der Waals surface area (Å²) in [4.78, 5) is 4.13. The van der Waals surface area contributed by atoms with Gasteiger partial charge >= 0.3 is 0 Å². The summed E-state index contributed by atoms with van der Waals surface area (Å²) >= 11 is 3.37. The third kappa shape index (κ3) is 1.32. The smallest absolute Gasteiger partial charge is 0.201 e. The Hall–Kier alpha value is -0.970. The number of hydrogen-bond acceptors (Lipinski definition) is 3. The number of aromatic amines is 1. The molecular weight excluding hydrogens is 220 g/mol. The van der Waals surface area contributed by atoms with Crippen molar-refractivity contribution in [3.8, 4) is 0 Å². The highest BCUT2D eigenvalue weighted by Gasteiger charge is 1.99. The van der Waals surface area contributed by atoms with Crippen molar-refractivity contribution in [1.82, 2.24) is 20.4 Å². The number of nitrogens with zero attached hydrogens (tertiary/aromatic N) is 3. The van der Waals surface area contributed by atoms with E-state index in [1.165, 1.54) is 5.56 Å². The van der Waals surface area contributed by atoms with Crippen LogP contribution in [0.25, 0.3) is 11.2 Å². The number of rotatable bonds is 2. The standard InChI is InChI=1S/C7H7BrN4/c8-2-1-5-3-6-7(9-4-5)11-12-10-6/h3-4H,1-2H2,(H,9,10,11,12). The van der Waals surface area contributed by atoms with Crippen molar-refractivity contribution < 1.29 is 0 Å². The molecule has 0 aliphatic carbocycles. The zero-order chi connectivity index (χ0) is 8.39. The van der Waals surface area contributed by atoms with E-state index < -0.39 is 0 Å². The van der Waals surface area contributed by atoms with Crippen LogP contribution in [0.3, 0.4) is 0 Å². The molecule has 62 valence electrons. The maximum absolute atomic E-state index is 4.13. The van der Waals surface area contributed by atoms with Gasteiger partial charge in [0.05, 0.1) is 0 Å². The topological polar surface area (TPSA) is 54.5 Å². The van der Waals surface area contributed by atoms with Gasteiger partial charge in [0.2, 0.25) is 5.65 Å². The molecule has 0 saturated heterocycles. The van der Waals surface area contributed by atoms with Crippen molar-refractivity contribution in [2.75, 3.05) is 5.33 Å². The van der Waals surface area contributed by atoms with Gasteiger partial charge < -0.3 is 0 Å². The molecule has 0 aliphatic heterocycles. The normalized spacial score (nSPS) is 10.8. The van der Waals surface area contributed by atoms with Gasteiger partial charge in [-0.3, -0.25) is 0 Å². The number of hydrogen-bond donors (Lipinski definition) is 1. The van der Waals surface area contributed by atoms with Crippen molar-refractivity contribution in [3.05, 3.63) is 17.8 Å². The second-order valence-corrected chi connectivity index (χ2v) is 3.24. The number of H-pyrrole nitrogens is 1. The number of alkyl halides is 1. The number of nitrogens with one attached hydrogen (secondary N) is 1. The number of pyridine rings is 1. The Morgan fingerprint density at radius 1 is 1.42 bits per heavy atom. The summed E-state index contributed by atoms with van der Waals surface area (Å²) in [5, 5.41) is 11.3. The molecule has 4 nitrogen and oxygen atoms in total. The van der Waals surface area contributed by atoms with Crippen molar-refractivity contribution >= 4 is 27.1 Å². The van der Waals surface area contributed by atoms with Crippen molar-refractivity contribution in [1.29, 1.82) is 0 Å². The summed E-state index contributed by atoms with van der Waals surface area (Å²) in [6, 6.07) is 1.99. The van der Waals surface area contributed by atoms with Gasteiger partial charge in [0.1, 0.15) is 5.52 Å². The van der Waals surface area contributed by atoms with Gasteiger partial charge in [-0.2, -0.15) is 10.3 Å². The highest BCUT2D eigenvalue weighted by atomic mass is 79.9. The molecule has 2 aromatic rings. The van der Waals surface area contributed by atoms with E-state index in [2.05, 4.69) is 36.3 Å². The Morgan fingerprint density at radius 2 is 2.33 bits per heavy atom. The van der Waals surface area contributed by atoms with Gasteiger partial charge in [-0.05, 0) is 18.1 Å². The number of fused-ring (bicyclic) bond motifs is 1. The molecule has 0 atom stereocenters. The lowest BCUT2D eigenvalue weighted by atomic mass is 10.2. The Bertz CT molecular complexity index is 384. The Labute approximate surface area is 77.5 Å². The molecule has 0 bridgehead atoms. The van der Waals surface area contributed by atoms with Crippen LogP contribution in [0.2, 0.25) is 0 Å². The molecule has 2 heterocycles. The Balaban J connectivity index is 2.46. The van der Waals surface area contributed by atoms with Crippen LogP contribution in [0.15, 0.2) is 12.3 Å². The predicted octanol–water partition coefficient (Wildman–Crippen LogP) is 1.29. The highest BCUT2D eigenvalue weighted by molar-refractivity contribution is 9.09. The lowest BCUT2D eigenvalue weighted by molar-refractivity contribution is 0.954. The fourth-order valence-corrected chi connectivity index (χ4v) is 1.49. The van der Waals surface area contributed by atoms with E-state index in [1.54, 1.807) is 0 Å². The zero-order valence-electron chi connectivity index (χ0n) is 6.29. The maximum Gasteiger partial charge on any atom is 0.201 e. The summed E-state index contributed by atoms with van der Waals surface area (Å²) in [5.41, 5.74) is 2.68. The van der Waals surface area contributed by atoms with E-state index in [1.807, 2.05) is 12.3 Å². The molecule has 12 heavy (non-hydrogen) atoms. The monoisotopic (exact) mass is 226 g/mol. The molecule has 0 spiro atoms. The first kappa shape index (κ1) is 7.67. The summed E-state index contributed by atoms with van der Waals surface area (Å²) < 4.78 is 0. The minimum atomic E-state index is 0.674. The van der Waals surface area contributed by atoms with Gasteiger partial charge in [-0.1, -0.05) is 15.9 Å². The van der Waals surface area contributed by atoms with Crippen LogP contribution in [0.1, 0.15) is 5.56 Å². The Kier molecular flexibility index (Phi) is 2.03. The van der Waals surface area contributed by atoms with Crippen LogP contribution >= 0.6 is 15.9 Å². The van der Waals surface area contributed by atoms with Crippen LogP contribution in [-0.4, -0.2) is 25.7 Å². The average molecular weight is 227 g/mol. The zero-order valence-corrected chi connectivity index (χ0v) is 7.87. The maximum atomic E-state index is 4.13. The molecule has 0 aliphatic rings. The van der Waals surface area contributed by atoms with Gasteiger partial charge in [0, 0.05) is 11.5 Å². The molecule has 2 aromatic heterocycles. The summed E-state index contributed by atoms with van der Waals surface area (Å²) in [6.07, 6.45) is 2.79. The molecule has 5 heteroatoms. The van der Waals surface area contributed by atoms with Gasteiger partial charge in [-0.15, -0.1) is 5.10 Å². The van der Waals surface area contributed by atoms with Crippen LogP contribution in [0.4, 0.5) is 0 Å². The molecule has 0 radical (unpaired) electrons. The first-order valence-corrected chi connectivity index (χ1v) is 4.73. The second kappa shape index (κ2) is 3.18. The molecule has 0 saturated carbocycles. The predicted molar refractivity (Wildman–Crippen MR) is 49.2 cm³/mol. The van der Waals surface area contributed by atoms with E-state index in [9.17, 15) is 0 Å². The van der Waals surface area contributed by atoms with Crippen LogP contribution in [0.5, 0.6) is 0 Å². The van der Waals surface area contributed by atoms with Crippen molar-refractivity contribution in [3.63, 3.8) is 0 Å². The highest BCUT2D eigenvalue weighted by Crippen LogP contribution is 2.08. The minimum Gasteiger partial charge on any atom is -0.233 e. The van der Waals surface area contributed by atoms with Crippen molar-refractivity contribution in [2.24, 2.45) is 0 Å². The SMILES string of the molecule is BrCCc1cnc2n[nH]nc2c1. The molecule has 2 rings (SSSR count). The molecule has 1 N–H and O–H groups in total. The summed E-state index contributed by atoms with van der Waals surface area (Å²) in [5.74, 6) is 0. The lowest BCUT2D eigenvalue weighted by Crippen LogP contribution is -1.87. The van der Waals surface area contributed by atoms with E-state index in [0.29, 0.717) is 5.65 Å². The minimum absolute atomic E-state index is 0.674. The molecule has 0 aromatic carbocycles. The van der Waals surface area contributed by atoms with Crippen LogP contribution in [0, 0.1) is 0 Å². The van der Waals surface area contributed by atoms with Gasteiger partial charge in [0.25, 0.3) is 0 Å². The molecule has 0 amide bonds. The van der Waals surface area contributed by atoms with E-state index in [0.717, 1.165) is 17.3 Å². The average Bonchev–Trinajstić information content (AvgIpc) is 2.51. The Morgan fingerprint density at radius 3 is 3.17 bits per heavy atom. The fraction of sp³-hybridized carbons (Fsp3) is 0.286. The van der Waals surface area contributed by atoms with Crippen LogP contribution in [-0.2, 0) is 6.42 Å². The number of aromatic nitrogens is 4. The number of aryl methyl sites for hydroxylation is 1. The molecule has 0 fully saturated rings. The number of halogens is 1. The van der Waals surface area contributed by atoms with E-state index in [-0.39, 0.29) is 0 Å². The third-order valence-electron chi connectivity index (χ3n) is 1.61. The van der Waals surface area contributed by atoms with E-state index in [4.69, 9.17) is 0 Å². The lowest BCUT2D eigenvalue weighted by Gasteiger charge is -1.94. The molecule has 0 unspecified atom stereocenters. The fourth-order valence-electron chi connectivity index (χ4n) is 1.03. The van der Waals surface area contributed by atoms with Gasteiger partial charge in [0.15, 0.2) is 0 Å². The summed E-state index contributed by atoms with van der Waals surface area (Å²) in [6.45, 7) is 0.